The molecule has 0 radical (unpaired) electrons. The molecule has 0 saturated carbocycles. The number of nitrogens with zero attached hydrogens (tertiary/aromatic N) is 2. The molecule has 0 aliphatic carbocycles. The second kappa shape index (κ2) is 5.95. The maximum absolute atomic E-state index is 10.8. The lowest BCUT2D eigenvalue weighted by Gasteiger charge is -2.03. The van der Waals surface area contributed by atoms with Crippen molar-refractivity contribution in [2.24, 2.45) is 0 Å². The van der Waals surface area contributed by atoms with Gasteiger partial charge in [-0.3, -0.25) is 4.79 Å². The molecule has 5 heteroatoms. The molecule has 15 heavy (non-hydrogen) atoms. The Hall–Kier alpha value is -1.65. The summed E-state index contributed by atoms with van der Waals surface area (Å²) in [6.45, 7) is 2.20. The average Bonchev–Trinajstić information content (AvgIpc) is 2.28. The summed E-state index contributed by atoms with van der Waals surface area (Å²) in [6, 6.07) is 3.71. The van der Waals surface area contributed by atoms with Crippen LogP contribution in [0.4, 0.5) is 5.82 Å². The minimum Gasteiger partial charge on any atom is -0.468 e. The van der Waals surface area contributed by atoms with Gasteiger partial charge < -0.3 is 10.1 Å². The number of aryl methyl sites for hydroxylation is 1. The van der Waals surface area contributed by atoms with Crippen LogP contribution >= 0.6 is 0 Å². The fourth-order valence-corrected chi connectivity index (χ4v) is 1.08. The molecule has 0 spiro atoms. The van der Waals surface area contributed by atoms with E-state index in [9.17, 15) is 4.79 Å². The maximum Gasteiger partial charge on any atom is 0.325 e. The van der Waals surface area contributed by atoms with Crippen molar-refractivity contribution < 1.29 is 9.53 Å². The lowest BCUT2D eigenvalue weighted by molar-refractivity contribution is -0.138. The standard InChI is InChI=1S/C10H15N3O2/c1-3-4-8-5-6-9(13-12-8)11-7-10(14)15-2/h5-6H,3-4,7H2,1-2H3,(H,11,13). The van der Waals surface area contributed by atoms with Crippen molar-refractivity contribution in [1.29, 1.82) is 0 Å². The van der Waals surface area contributed by atoms with E-state index in [0.717, 1.165) is 18.5 Å². The highest BCUT2D eigenvalue weighted by Crippen LogP contribution is 2.03. The van der Waals surface area contributed by atoms with Gasteiger partial charge in [-0.2, -0.15) is 5.10 Å². The van der Waals surface area contributed by atoms with Gasteiger partial charge in [-0.1, -0.05) is 13.3 Å². The van der Waals surface area contributed by atoms with E-state index in [-0.39, 0.29) is 12.5 Å². The number of aromatic nitrogens is 2. The number of ether oxygens (including phenoxy) is 1. The molecule has 0 amide bonds. The normalized spacial score (nSPS) is 9.73. The molecule has 5 nitrogen and oxygen atoms in total. The molecule has 1 rings (SSSR count). The summed E-state index contributed by atoms with van der Waals surface area (Å²) in [7, 11) is 1.35. The summed E-state index contributed by atoms with van der Waals surface area (Å²) in [4.78, 5) is 10.8. The van der Waals surface area contributed by atoms with E-state index in [2.05, 4.69) is 27.2 Å². The van der Waals surface area contributed by atoms with Crippen LogP contribution in [0.15, 0.2) is 12.1 Å². The van der Waals surface area contributed by atoms with Crippen molar-refractivity contribution in [3.8, 4) is 0 Å². The Labute approximate surface area is 88.9 Å². The average molecular weight is 209 g/mol. The van der Waals surface area contributed by atoms with E-state index in [1.807, 2.05) is 6.07 Å². The van der Waals surface area contributed by atoms with Crippen LogP contribution < -0.4 is 5.32 Å². The Kier molecular flexibility index (Phi) is 4.53. The molecule has 0 bridgehead atoms. The van der Waals surface area contributed by atoms with Gasteiger partial charge in [0.15, 0.2) is 0 Å². The van der Waals surface area contributed by atoms with Gasteiger partial charge in [0.1, 0.15) is 12.4 Å². The molecule has 0 fully saturated rings. The van der Waals surface area contributed by atoms with Gasteiger partial charge in [0, 0.05) is 0 Å². The van der Waals surface area contributed by atoms with Crippen LogP contribution in [0.1, 0.15) is 19.0 Å². The second-order valence-corrected chi connectivity index (χ2v) is 3.09. The van der Waals surface area contributed by atoms with E-state index in [4.69, 9.17) is 0 Å². The van der Waals surface area contributed by atoms with E-state index in [1.165, 1.54) is 7.11 Å². The Morgan fingerprint density at radius 3 is 2.80 bits per heavy atom. The molecular formula is C10H15N3O2. The van der Waals surface area contributed by atoms with Crippen molar-refractivity contribution in [3.05, 3.63) is 17.8 Å². The summed E-state index contributed by atoms with van der Waals surface area (Å²) in [5, 5.41) is 10.8. The largest absolute Gasteiger partial charge is 0.468 e. The maximum atomic E-state index is 10.8. The Morgan fingerprint density at radius 1 is 1.47 bits per heavy atom. The minimum atomic E-state index is -0.325. The van der Waals surface area contributed by atoms with E-state index >= 15 is 0 Å². The lowest BCUT2D eigenvalue weighted by Crippen LogP contribution is -2.16. The first-order chi connectivity index (χ1) is 7.26. The molecule has 0 saturated heterocycles. The van der Waals surface area contributed by atoms with Crippen LogP contribution in [0.2, 0.25) is 0 Å². The number of hydrogen-bond acceptors (Lipinski definition) is 5. The van der Waals surface area contributed by atoms with E-state index < -0.39 is 0 Å². The van der Waals surface area contributed by atoms with Crippen LogP contribution in [0.25, 0.3) is 0 Å². The SMILES string of the molecule is CCCc1ccc(NCC(=O)OC)nn1. The molecular weight excluding hydrogens is 194 g/mol. The molecule has 0 unspecified atom stereocenters. The molecule has 1 aromatic rings. The molecule has 0 aliphatic heterocycles. The third kappa shape index (κ3) is 3.93. The van der Waals surface area contributed by atoms with Crippen LogP contribution in [0.5, 0.6) is 0 Å². The topological polar surface area (TPSA) is 64.1 Å². The number of carbonyl (C=O) groups is 1. The monoisotopic (exact) mass is 209 g/mol. The fraction of sp³-hybridized carbons (Fsp3) is 0.500. The van der Waals surface area contributed by atoms with Gasteiger partial charge in [-0.25, -0.2) is 0 Å². The predicted octanol–water partition coefficient (Wildman–Crippen LogP) is 1.01. The molecule has 0 atom stereocenters. The van der Waals surface area contributed by atoms with Gasteiger partial charge >= 0.3 is 5.97 Å². The van der Waals surface area contributed by atoms with E-state index in [1.54, 1.807) is 6.07 Å². The van der Waals surface area contributed by atoms with E-state index in [0.29, 0.717) is 5.82 Å². The Morgan fingerprint density at radius 2 is 2.27 bits per heavy atom. The quantitative estimate of drug-likeness (QED) is 0.733. The number of rotatable bonds is 5. The molecule has 0 aliphatic rings. The van der Waals surface area contributed by atoms with Crippen molar-refractivity contribution in [2.75, 3.05) is 19.0 Å². The highest BCUT2D eigenvalue weighted by molar-refractivity contribution is 5.74. The summed E-state index contributed by atoms with van der Waals surface area (Å²) < 4.78 is 4.48. The third-order valence-electron chi connectivity index (χ3n) is 1.87. The van der Waals surface area contributed by atoms with Crippen molar-refractivity contribution in [3.63, 3.8) is 0 Å². The molecule has 1 aromatic heterocycles. The number of hydrogen-bond donors (Lipinski definition) is 1. The summed E-state index contributed by atoms with van der Waals surface area (Å²) >= 11 is 0. The minimum absolute atomic E-state index is 0.109. The van der Waals surface area contributed by atoms with Crippen LogP contribution in [0.3, 0.4) is 0 Å². The zero-order valence-corrected chi connectivity index (χ0v) is 8.99. The number of carbonyl (C=O) groups excluding carboxylic acids is 1. The molecule has 1 heterocycles. The van der Waals surface area contributed by atoms with Gasteiger partial charge in [-0.05, 0) is 18.6 Å². The number of anilines is 1. The van der Waals surface area contributed by atoms with Crippen molar-refractivity contribution in [1.82, 2.24) is 10.2 Å². The zero-order chi connectivity index (χ0) is 11.1. The molecule has 0 aromatic carbocycles. The van der Waals surface area contributed by atoms with Gasteiger partial charge in [0.05, 0.1) is 12.8 Å². The predicted molar refractivity (Wildman–Crippen MR) is 56.5 cm³/mol. The first-order valence-electron chi connectivity index (χ1n) is 4.89. The zero-order valence-electron chi connectivity index (χ0n) is 8.99. The number of esters is 1. The van der Waals surface area contributed by atoms with Gasteiger partial charge in [-0.15, -0.1) is 5.10 Å². The summed E-state index contributed by atoms with van der Waals surface area (Å²) in [5.74, 6) is 0.259. The Bertz CT molecular complexity index is 311. The highest BCUT2D eigenvalue weighted by Gasteiger charge is 2.01. The fourth-order valence-electron chi connectivity index (χ4n) is 1.08. The smallest absolute Gasteiger partial charge is 0.325 e. The molecule has 82 valence electrons. The van der Waals surface area contributed by atoms with Gasteiger partial charge in [0.2, 0.25) is 0 Å². The second-order valence-electron chi connectivity index (χ2n) is 3.09. The Balaban J connectivity index is 2.45. The lowest BCUT2D eigenvalue weighted by atomic mass is 10.2. The molecule has 1 N–H and O–H groups in total. The van der Waals surface area contributed by atoms with Crippen molar-refractivity contribution >= 4 is 11.8 Å². The third-order valence-corrected chi connectivity index (χ3v) is 1.87. The highest BCUT2D eigenvalue weighted by atomic mass is 16.5. The van der Waals surface area contributed by atoms with Crippen molar-refractivity contribution in [2.45, 2.75) is 19.8 Å². The first kappa shape index (κ1) is 11.4. The first-order valence-corrected chi connectivity index (χ1v) is 4.89. The van der Waals surface area contributed by atoms with Crippen LogP contribution in [-0.2, 0) is 16.0 Å². The van der Waals surface area contributed by atoms with Crippen LogP contribution in [0, 0.1) is 0 Å². The summed E-state index contributed by atoms with van der Waals surface area (Å²) in [6.07, 6.45) is 1.97. The number of nitrogens with one attached hydrogen (secondary N) is 1. The summed E-state index contributed by atoms with van der Waals surface area (Å²) in [5.41, 5.74) is 0.959. The van der Waals surface area contributed by atoms with Crippen LogP contribution in [-0.4, -0.2) is 29.8 Å². The number of methoxy groups -OCH3 is 1. The van der Waals surface area contributed by atoms with Gasteiger partial charge in [0.25, 0.3) is 0 Å².